The van der Waals surface area contributed by atoms with Crippen molar-refractivity contribution in [3.8, 4) is 0 Å². The first-order chi connectivity index (χ1) is 26.2. The third-order valence-electron chi connectivity index (χ3n) is 11.9. The topological polar surface area (TPSA) is 158 Å². The zero-order chi connectivity index (χ0) is 40.8. The second kappa shape index (κ2) is 22.7. The first kappa shape index (κ1) is 46.5. The van der Waals surface area contributed by atoms with E-state index in [1.165, 1.54) is 4.90 Å². The molecule has 3 fully saturated rings. The monoisotopic (exact) mass is 775 g/mol. The first-order valence-electron chi connectivity index (χ1n) is 20.2. The molecular formula is C43H69NO11. The molecule has 2 heterocycles. The van der Waals surface area contributed by atoms with Gasteiger partial charge < -0.3 is 38.8 Å². The third-order valence-corrected chi connectivity index (χ3v) is 11.9. The lowest BCUT2D eigenvalue weighted by molar-refractivity contribution is -0.189. The SMILES string of the molecule is C=CC[C@@H](/C=C(\C)C[C@@H](C)C[C@@H](OC)[C@@H]1OC(=O)C(C)C[C@H]1OC)C(=O)C[C@@H](O)[C@H](C)[C@@H](OC(=O)[C@H]1CCCCN1C=O)/C(C)=C/[C@H]1CC[C@H](O)[C@@H](OC)C1. The van der Waals surface area contributed by atoms with Gasteiger partial charge in [0.2, 0.25) is 6.41 Å². The minimum atomic E-state index is -1.13. The number of allylic oxidation sites excluding steroid dienone is 4. The molecule has 1 unspecified atom stereocenters. The molecule has 0 aromatic heterocycles. The van der Waals surface area contributed by atoms with Gasteiger partial charge in [0.05, 0.1) is 36.4 Å². The summed E-state index contributed by atoms with van der Waals surface area (Å²) in [6, 6.07) is -0.704. The van der Waals surface area contributed by atoms with Gasteiger partial charge in [0.15, 0.2) is 6.10 Å². The largest absolute Gasteiger partial charge is 0.457 e. The standard InChI is InChI=1S/C43H69NO11/c1-10-13-32(19-26(2)18-27(3)20-38(52-8)41-39(53-9)22-29(5)42(49)55-41)36(48)24-35(47)30(6)40(54-43(50)33-14-11-12-17-44(33)25-45)28(4)21-31-15-16-34(46)37(23-31)51-7/h10,19,21,25,27,29-35,37-41,46-47H,1,11-18,20,22-24H2,2-9H3/b26-19+,28-21+/t27-,29?,30+,31-,32+,33-,34+,35-,37+,38-,39-,40+,41+/m1/s1. The van der Waals surface area contributed by atoms with E-state index in [9.17, 15) is 29.4 Å². The molecule has 1 amide bonds. The van der Waals surface area contributed by atoms with E-state index in [1.807, 2.05) is 32.9 Å². The van der Waals surface area contributed by atoms with Gasteiger partial charge in [-0.15, -0.1) is 6.58 Å². The number of cyclic esters (lactones) is 1. The molecule has 12 heteroatoms. The van der Waals surface area contributed by atoms with E-state index in [-0.39, 0.29) is 54.2 Å². The van der Waals surface area contributed by atoms with Crippen LogP contribution in [0.4, 0.5) is 0 Å². The Kier molecular flexibility index (Phi) is 19.2. The highest BCUT2D eigenvalue weighted by Gasteiger charge is 2.41. The first-order valence-corrected chi connectivity index (χ1v) is 20.2. The molecule has 0 radical (unpaired) electrons. The van der Waals surface area contributed by atoms with Gasteiger partial charge in [-0.3, -0.25) is 14.4 Å². The van der Waals surface area contributed by atoms with E-state index in [2.05, 4.69) is 13.5 Å². The van der Waals surface area contributed by atoms with Crippen LogP contribution in [0.15, 0.2) is 36.0 Å². The van der Waals surface area contributed by atoms with E-state index in [1.54, 1.807) is 34.3 Å². The molecule has 3 rings (SSSR count). The second-order valence-corrected chi connectivity index (χ2v) is 16.4. The number of carbonyl (C=O) groups is 4. The maximum Gasteiger partial charge on any atom is 0.329 e. The minimum Gasteiger partial charge on any atom is -0.457 e. The van der Waals surface area contributed by atoms with Crippen molar-refractivity contribution in [1.82, 2.24) is 4.90 Å². The Morgan fingerprint density at radius 2 is 1.75 bits per heavy atom. The molecule has 12 nitrogen and oxygen atoms in total. The third kappa shape index (κ3) is 13.3. The number of rotatable bonds is 21. The fourth-order valence-electron chi connectivity index (χ4n) is 8.64. The summed E-state index contributed by atoms with van der Waals surface area (Å²) in [4.78, 5) is 53.1. The number of ketones is 1. The van der Waals surface area contributed by atoms with E-state index < -0.39 is 48.3 Å². The molecule has 3 aliphatic rings. The highest BCUT2D eigenvalue weighted by molar-refractivity contribution is 5.83. The lowest BCUT2D eigenvalue weighted by Gasteiger charge is -2.38. The van der Waals surface area contributed by atoms with Crippen molar-refractivity contribution in [2.24, 2.45) is 29.6 Å². The number of carbonyl (C=O) groups excluding carboxylic acids is 4. The Balaban J connectivity index is 1.74. The van der Waals surface area contributed by atoms with Crippen LogP contribution in [0.5, 0.6) is 0 Å². The van der Waals surface area contributed by atoms with Crippen molar-refractivity contribution in [3.05, 3.63) is 36.0 Å². The van der Waals surface area contributed by atoms with E-state index >= 15 is 0 Å². The predicted molar refractivity (Wildman–Crippen MR) is 209 cm³/mol. The quantitative estimate of drug-likeness (QED) is 0.0859. The molecule has 2 aliphatic heterocycles. The van der Waals surface area contributed by atoms with Crippen LogP contribution in [0, 0.1) is 29.6 Å². The van der Waals surface area contributed by atoms with Crippen molar-refractivity contribution in [3.63, 3.8) is 0 Å². The lowest BCUT2D eigenvalue weighted by Crippen LogP contribution is -2.49. The fraction of sp³-hybridized carbons (Fsp3) is 0.767. The zero-order valence-corrected chi connectivity index (χ0v) is 34.5. The number of ether oxygens (including phenoxy) is 5. The molecule has 2 saturated heterocycles. The maximum absolute atomic E-state index is 13.8. The van der Waals surface area contributed by atoms with Gasteiger partial charge in [-0.05, 0) is 95.5 Å². The smallest absolute Gasteiger partial charge is 0.329 e. The van der Waals surface area contributed by atoms with E-state index in [0.29, 0.717) is 57.9 Å². The van der Waals surface area contributed by atoms with Crippen molar-refractivity contribution in [2.75, 3.05) is 27.9 Å². The van der Waals surface area contributed by atoms with Crippen LogP contribution in [-0.4, -0.2) is 116 Å². The number of likely N-dealkylation sites (tertiary alicyclic amines) is 1. The number of aliphatic hydroxyl groups is 2. The number of hydrogen-bond acceptors (Lipinski definition) is 11. The number of hydrogen-bond donors (Lipinski definition) is 2. The van der Waals surface area contributed by atoms with E-state index in [0.717, 1.165) is 30.4 Å². The predicted octanol–water partition coefficient (Wildman–Crippen LogP) is 5.52. The summed E-state index contributed by atoms with van der Waals surface area (Å²) in [5.74, 6) is -2.11. The fourth-order valence-corrected chi connectivity index (χ4v) is 8.64. The average Bonchev–Trinajstić information content (AvgIpc) is 3.16. The zero-order valence-electron chi connectivity index (χ0n) is 34.5. The Labute approximate surface area is 329 Å². The number of esters is 2. The van der Waals surface area contributed by atoms with Gasteiger partial charge in [-0.2, -0.15) is 0 Å². The van der Waals surface area contributed by atoms with Gasteiger partial charge in [0.1, 0.15) is 17.9 Å². The highest BCUT2D eigenvalue weighted by atomic mass is 16.6. The highest BCUT2D eigenvalue weighted by Crippen LogP contribution is 2.33. The molecule has 2 N–H and O–H groups in total. The van der Waals surface area contributed by atoms with Crippen LogP contribution in [0.2, 0.25) is 0 Å². The summed E-state index contributed by atoms with van der Waals surface area (Å²) in [5, 5.41) is 22.0. The van der Waals surface area contributed by atoms with Gasteiger partial charge in [0.25, 0.3) is 0 Å². The lowest BCUT2D eigenvalue weighted by atomic mass is 9.81. The number of Topliss-reactive ketones (excluding diaryl/α,β-unsaturated/α-hetero) is 1. The number of amides is 1. The van der Waals surface area contributed by atoms with E-state index in [4.69, 9.17) is 23.7 Å². The summed E-state index contributed by atoms with van der Waals surface area (Å²) < 4.78 is 28.9. The molecule has 0 aromatic carbocycles. The molecule has 1 saturated carbocycles. The Bertz CT molecular complexity index is 1330. The van der Waals surface area contributed by atoms with Crippen LogP contribution in [0.3, 0.4) is 0 Å². The second-order valence-electron chi connectivity index (χ2n) is 16.4. The van der Waals surface area contributed by atoms with Crippen LogP contribution in [-0.2, 0) is 42.9 Å². The average molecular weight is 776 g/mol. The Morgan fingerprint density at radius 1 is 1.04 bits per heavy atom. The summed E-state index contributed by atoms with van der Waals surface area (Å²) in [6.45, 7) is 13.9. The molecule has 13 atom stereocenters. The Hall–Kier alpha value is -2.90. The summed E-state index contributed by atoms with van der Waals surface area (Å²) in [7, 11) is 4.81. The molecular weight excluding hydrogens is 706 g/mol. The van der Waals surface area contributed by atoms with Crippen molar-refractivity contribution >= 4 is 24.1 Å². The molecule has 55 heavy (non-hydrogen) atoms. The maximum atomic E-state index is 13.8. The van der Waals surface area contributed by atoms with Crippen LogP contribution < -0.4 is 0 Å². The number of aliphatic hydroxyl groups excluding tert-OH is 2. The summed E-state index contributed by atoms with van der Waals surface area (Å²) in [6.07, 6.45) is 8.59. The van der Waals surface area contributed by atoms with Crippen LogP contribution in [0.25, 0.3) is 0 Å². The van der Waals surface area contributed by atoms with Crippen molar-refractivity contribution in [1.29, 1.82) is 0 Å². The summed E-state index contributed by atoms with van der Waals surface area (Å²) in [5.41, 5.74) is 1.75. The van der Waals surface area contributed by atoms with Crippen LogP contribution >= 0.6 is 0 Å². The van der Waals surface area contributed by atoms with Gasteiger partial charge in [-0.25, -0.2) is 4.79 Å². The molecule has 0 bridgehead atoms. The number of piperidine rings is 1. The molecule has 0 spiro atoms. The van der Waals surface area contributed by atoms with Gasteiger partial charge in [-0.1, -0.05) is 44.6 Å². The Morgan fingerprint density at radius 3 is 2.38 bits per heavy atom. The van der Waals surface area contributed by atoms with Crippen molar-refractivity contribution < 1.29 is 53.1 Å². The van der Waals surface area contributed by atoms with Crippen LogP contribution in [0.1, 0.15) is 105 Å². The normalized spacial score (nSPS) is 30.0. The molecule has 312 valence electrons. The van der Waals surface area contributed by atoms with Gasteiger partial charge >= 0.3 is 11.9 Å². The molecule has 1 aliphatic carbocycles. The van der Waals surface area contributed by atoms with Crippen molar-refractivity contribution in [2.45, 2.75) is 154 Å². The number of nitrogens with zero attached hydrogens (tertiary/aromatic N) is 1. The molecule has 0 aromatic rings. The van der Waals surface area contributed by atoms with Gasteiger partial charge in [0, 0.05) is 46.1 Å². The summed E-state index contributed by atoms with van der Waals surface area (Å²) >= 11 is 0. The minimum absolute atomic E-state index is 0.0658. The number of methoxy groups -OCH3 is 3.